The van der Waals surface area contributed by atoms with Gasteiger partial charge in [0.25, 0.3) is 0 Å². The number of ether oxygens (including phenoxy) is 3. The van der Waals surface area contributed by atoms with Gasteiger partial charge in [0.1, 0.15) is 24.0 Å². The fourth-order valence-corrected chi connectivity index (χ4v) is 7.62. The highest BCUT2D eigenvalue weighted by Crippen LogP contribution is 2.49. The number of aromatic nitrogens is 4. The molecule has 0 aliphatic carbocycles. The van der Waals surface area contributed by atoms with Gasteiger partial charge in [0.05, 0.1) is 19.0 Å². The zero-order valence-electron chi connectivity index (χ0n) is 30.9. The number of hydrogen-bond donors (Lipinski definition) is 4. The van der Waals surface area contributed by atoms with Crippen LogP contribution in [-0.2, 0) is 28.1 Å². The van der Waals surface area contributed by atoms with Crippen molar-refractivity contribution in [2.24, 2.45) is 0 Å². The highest BCUT2D eigenvalue weighted by Gasteiger charge is 2.58. The Morgan fingerprint density at radius 1 is 1.04 bits per heavy atom. The van der Waals surface area contributed by atoms with E-state index in [-0.39, 0.29) is 17.3 Å². The first-order valence-electron chi connectivity index (χ1n) is 17.5. The first kappa shape index (κ1) is 39.5. The number of halogens is 1. The number of alkyl halides is 1. The molecule has 1 aliphatic heterocycles. The molecule has 2 aromatic heterocycles. The number of anilines is 4. The number of aliphatic hydroxyl groups is 1. The Morgan fingerprint density at radius 2 is 1.64 bits per heavy atom. The third-order valence-electron chi connectivity index (χ3n) is 8.60. The molecular weight excluding hydrogens is 734 g/mol. The number of fused-ring (bicyclic) bond motifs is 1. The van der Waals surface area contributed by atoms with Gasteiger partial charge in [-0.15, -0.1) is 0 Å². The number of imidazole rings is 1. The number of esters is 1. The summed E-state index contributed by atoms with van der Waals surface area (Å²) < 4.78 is 63.1. The van der Waals surface area contributed by atoms with Crippen LogP contribution in [0.1, 0.15) is 33.9 Å². The van der Waals surface area contributed by atoms with Crippen LogP contribution in [0.15, 0.2) is 97.3 Å². The fraction of sp³-hybridized carbons (Fsp3) is 0.351. The Labute approximate surface area is 317 Å². The number of aliphatic hydroxyl groups excluding tert-OH is 1. The van der Waals surface area contributed by atoms with E-state index in [9.17, 15) is 14.5 Å². The predicted octanol–water partition coefficient (Wildman–Crippen LogP) is 5.71. The number of rotatable bonds is 16. The summed E-state index contributed by atoms with van der Waals surface area (Å²) in [6.07, 6.45) is -5.36. The normalized spacial score (nSPS) is 21.9. The summed E-state index contributed by atoms with van der Waals surface area (Å²) in [5.41, 5.74) is 5.08. The number of nitrogens with zero attached hydrogens (tertiary/aromatic N) is 5. The molecule has 5 N–H and O–H groups in total. The van der Waals surface area contributed by atoms with E-state index in [0.717, 1.165) is 0 Å². The quantitative estimate of drug-likeness (QED) is 0.0540. The maximum Gasteiger partial charge on any atom is 0.459 e. The summed E-state index contributed by atoms with van der Waals surface area (Å²) >= 11 is 0. The van der Waals surface area contributed by atoms with E-state index in [1.54, 1.807) is 99.8 Å². The summed E-state index contributed by atoms with van der Waals surface area (Å²) in [6.45, 7) is 5.42. The number of benzene rings is 3. The first-order chi connectivity index (χ1) is 26.3. The summed E-state index contributed by atoms with van der Waals surface area (Å²) in [5, 5.41) is 17.4. The van der Waals surface area contributed by atoms with Gasteiger partial charge < -0.3 is 34.9 Å². The summed E-state index contributed by atoms with van der Waals surface area (Å²) in [4.78, 5) is 27.1. The van der Waals surface area contributed by atoms with Crippen molar-refractivity contribution < 1.29 is 42.1 Å². The average Bonchev–Trinajstić information content (AvgIpc) is 3.68. The van der Waals surface area contributed by atoms with Crippen LogP contribution in [0.25, 0.3) is 11.2 Å². The summed E-state index contributed by atoms with van der Waals surface area (Å²) in [7, 11) is -2.82. The number of hydrogen-bond acceptors (Lipinski definition) is 14. The molecule has 16 nitrogen and oxygen atoms in total. The van der Waals surface area contributed by atoms with Gasteiger partial charge in [0, 0.05) is 18.4 Å². The van der Waals surface area contributed by atoms with Gasteiger partial charge >= 0.3 is 13.7 Å². The lowest BCUT2D eigenvalue weighted by Crippen LogP contribution is -2.48. The SMILES string of the molecule is CNc1nc(N)nc2c1ncn2[C@@H]1O[C@H](COP(=O)(N[C@@H](C)C(=O)OC(C)C)Oc2ccccc2)[C@@H](OC(O)N(c2ccccc2)c2ccccc2)[C@@]1(C)F. The van der Waals surface area contributed by atoms with E-state index in [1.165, 1.54) is 29.6 Å². The molecule has 5 aromatic rings. The van der Waals surface area contributed by atoms with Crippen LogP contribution in [0.2, 0.25) is 0 Å². The Morgan fingerprint density at radius 3 is 2.22 bits per heavy atom. The van der Waals surface area contributed by atoms with Crippen LogP contribution in [-0.4, -0.2) is 80.7 Å². The standard InChI is InChI=1S/C37H44FN8O8P/c1-23(2)51-33(47)24(3)44-55(49,54-27-19-13-8-14-20-27)50-21-28-30(53-36(48)46(25-15-9-6-10-16-25)26-17-11-7-12-18-26)37(4,38)34(52-28)45-22-41-29-31(40-5)42-35(39)43-32(29)45/h6-20,22-24,28,30,34,36,48H,21H2,1-5H3,(H,44,49)(H3,39,40,42,43)/t24-,28+,30+,34+,36?,37+,55?/m0/s1. The van der Waals surface area contributed by atoms with Crippen molar-refractivity contribution in [3.05, 3.63) is 97.3 Å². The van der Waals surface area contributed by atoms with Crippen molar-refractivity contribution in [2.45, 2.75) is 70.4 Å². The van der Waals surface area contributed by atoms with E-state index < -0.39 is 63.0 Å². The third kappa shape index (κ3) is 8.88. The molecule has 0 bridgehead atoms. The highest BCUT2D eigenvalue weighted by molar-refractivity contribution is 7.52. The maximum absolute atomic E-state index is 17.6. The largest absolute Gasteiger partial charge is 0.462 e. The van der Waals surface area contributed by atoms with Crippen molar-refractivity contribution >= 4 is 48.0 Å². The maximum atomic E-state index is 17.6. The molecule has 55 heavy (non-hydrogen) atoms. The summed E-state index contributed by atoms with van der Waals surface area (Å²) in [5.74, 6) is -0.337. The lowest BCUT2D eigenvalue weighted by Gasteiger charge is -2.35. The number of nitrogen functional groups attached to an aromatic ring is 1. The predicted molar refractivity (Wildman–Crippen MR) is 203 cm³/mol. The second-order valence-electron chi connectivity index (χ2n) is 13.1. The van der Waals surface area contributed by atoms with Crippen molar-refractivity contribution in [2.75, 3.05) is 29.6 Å². The monoisotopic (exact) mass is 778 g/mol. The van der Waals surface area contributed by atoms with E-state index in [1.807, 2.05) is 12.1 Å². The minimum absolute atomic E-state index is 0.100. The first-order valence-corrected chi connectivity index (χ1v) is 19.1. The van der Waals surface area contributed by atoms with Crippen LogP contribution in [0, 0.1) is 0 Å². The van der Waals surface area contributed by atoms with Crippen LogP contribution >= 0.6 is 7.75 Å². The molecule has 2 unspecified atom stereocenters. The third-order valence-corrected chi connectivity index (χ3v) is 10.2. The van der Waals surface area contributed by atoms with E-state index in [4.69, 9.17) is 29.0 Å². The molecule has 3 heterocycles. The average molecular weight is 779 g/mol. The lowest BCUT2D eigenvalue weighted by molar-refractivity contribution is -0.172. The molecule has 0 radical (unpaired) electrons. The van der Waals surface area contributed by atoms with Crippen LogP contribution in [0.3, 0.4) is 0 Å². The lowest BCUT2D eigenvalue weighted by atomic mass is 9.98. The summed E-state index contributed by atoms with van der Waals surface area (Å²) in [6, 6.07) is 24.9. The molecule has 0 spiro atoms. The zero-order chi connectivity index (χ0) is 39.3. The van der Waals surface area contributed by atoms with Gasteiger partial charge in [-0.3, -0.25) is 18.8 Å². The molecule has 1 aliphatic rings. The van der Waals surface area contributed by atoms with Crippen molar-refractivity contribution in [1.82, 2.24) is 24.6 Å². The van der Waals surface area contributed by atoms with Crippen LogP contribution < -0.4 is 25.6 Å². The number of nitrogens with one attached hydrogen (secondary N) is 2. The molecule has 1 saturated heterocycles. The number of carbonyl (C=O) groups excluding carboxylic acids is 1. The number of para-hydroxylation sites is 3. The Bertz CT molecular complexity index is 2060. The molecule has 3 aromatic carbocycles. The van der Waals surface area contributed by atoms with E-state index in [2.05, 4.69) is 25.4 Å². The number of nitrogens with two attached hydrogens (primary N) is 1. The highest BCUT2D eigenvalue weighted by atomic mass is 31.2. The molecule has 18 heteroatoms. The van der Waals surface area contributed by atoms with E-state index in [0.29, 0.717) is 22.7 Å². The molecule has 0 saturated carbocycles. The van der Waals surface area contributed by atoms with E-state index >= 15 is 4.39 Å². The smallest absolute Gasteiger partial charge is 0.459 e. The zero-order valence-corrected chi connectivity index (χ0v) is 31.7. The van der Waals surface area contributed by atoms with Gasteiger partial charge in [0.15, 0.2) is 28.9 Å². The van der Waals surface area contributed by atoms with Gasteiger partial charge in [-0.25, -0.2) is 13.9 Å². The Kier molecular flexibility index (Phi) is 12.0. The molecule has 6 rings (SSSR count). The molecule has 292 valence electrons. The van der Waals surface area contributed by atoms with Gasteiger partial charge in [-0.1, -0.05) is 54.6 Å². The van der Waals surface area contributed by atoms with Crippen molar-refractivity contribution in [3.63, 3.8) is 0 Å². The van der Waals surface area contributed by atoms with Crippen molar-refractivity contribution in [3.8, 4) is 5.75 Å². The van der Waals surface area contributed by atoms with Crippen molar-refractivity contribution in [1.29, 1.82) is 0 Å². The fourth-order valence-electron chi connectivity index (χ4n) is 6.12. The van der Waals surface area contributed by atoms with Crippen LogP contribution in [0.4, 0.5) is 27.5 Å². The second-order valence-corrected chi connectivity index (χ2v) is 14.8. The molecule has 0 amide bonds. The second kappa shape index (κ2) is 16.7. The van der Waals surface area contributed by atoms with Gasteiger partial charge in [0.2, 0.25) is 12.4 Å². The van der Waals surface area contributed by atoms with Gasteiger partial charge in [-0.2, -0.15) is 15.1 Å². The number of carbonyl (C=O) groups is 1. The minimum Gasteiger partial charge on any atom is -0.462 e. The Balaban J connectivity index is 1.37. The molecule has 7 atom stereocenters. The molecular formula is C37H44FN8O8P. The Hall–Kier alpha value is -5.16. The molecule has 1 fully saturated rings. The van der Waals surface area contributed by atoms with Crippen LogP contribution in [0.5, 0.6) is 5.75 Å². The minimum atomic E-state index is -4.45. The topological polar surface area (TPSA) is 197 Å². The van der Waals surface area contributed by atoms with Gasteiger partial charge in [-0.05, 0) is 64.1 Å².